The molecular formula is C26H24F3NO6. The summed E-state index contributed by atoms with van der Waals surface area (Å²) >= 11 is 0. The SMILES string of the molecule is COc1c2ccc(OCC[C@H](C)OC(=O)[C@@](OC)(c3ccccc3)C(F)(F)F)cc2nc2occc12. The molecule has 4 aromatic rings. The van der Waals surface area contributed by atoms with Gasteiger partial charge in [-0.05, 0) is 25.1 Å². The molecule has 0 aliphatic carbocycles. The quantitative estimate of drug-likeness (QED) is 0.267. The minimum absolute atomic E-state index is 0.0808. The summed E-state index contributed by atoms with van der Waals surface area (Å²) in [7, 11) is 2.39. The number of hydrogen-bond acceptors (Lipinski definition) is 7. The van der Waals surface area contributed by atoms with Crippen LogP contribution in [0, 0.1) is 0 Å². The molecule has 0 spiro atoms. The Hall–Kier alpha value is -3.79. The maximum atomic E-state index is 14.0. The van der Waals surface area contributed by atoms with E-state index in [-0.39, 0.29) is 18.6 Å². The van der Waals surface area contributed by atoms with Crippen molar-refractivity contribution in [1.82, 2.24) is 4.98 Å². The molecule has 0 aliphatic rings. The standard InChI is InChI=1S/C26H24F3NO6/c1-16(36-24(31)25(33-3,26(27,28)29)17-7-5-4-6-8-17)11-13-34-18-9-10-19-21(15-18)30-23-20(12-14-35-23)22(19)32-2/h4-10,12,14-16H,11,13H2,1-3H3/t16-,25-/m0/s1. The number of aromatic nitrogens is 1. The first kappa shape index (κ1) is 25.3. The first-order valence-corrected chi connectivity index (χ1v) is 11.1. The number of furan rings is 1. The third kappa shape index (κ3) is 4.56. The molecule has 2 aromatic carbocycles. The smallest absolute Gasteiger partial charge is 0.432 e. The molecule has 0 saturated carbocycles. The zero-order valence-electron chi connectivity index (χ0n) is 19.8. The van der Waals surface area contributed by atoms with Gasteiger partial charge in [-0.25, -0.2) is 9.78 Å². The number of alkyl halides is 3. The molecular weight excluding hydrogens is 479 g/mol. The lowest BCUT2D eigenvalue weighted by molar-refractivity contribution is -0.278. The van der Waals surface area contributed by atoms with Crippen LogP contribution in [0.2, 0.25) is 0 Å². The van der Waals surface area contributed by atoms with Gasteiger partial charge in [0.25, 0.3) is 5.60 Å². The molecule has 7 nitrogen and oxygen atoms in total. The van der Waals surface area contributed by atoms with Gasteiger partial charge in [0.1, 0.15) is 17.6 Å². The maximum Gasteiger partial charge on any atom is 0.432 e. The summed E-state index contributed by atoms with van der Waals surface area (Å²) in [6.07, 6.45) is -4.24. The van der Waals surface area contributed by atoms with Crippen LogP contribution >= 0.6 is 0 Å². The number of benzene rings is 2. The highest BCUT2D eigenvalue weighted by Crippen LogP contribution is 2.43. The number of carbonyl (C=O) groups excluding carboxylic acids is 1. The summed E-state index contributed by atoms with van der Waals surface area (Å²) in [4.78, 5) is 17.2. The summed E-state index contributed by atoms with van der Waals surface area (Å²) in [6, 6.07) is 13.7. The molecule has 2 atom stereocenters. The summed E-state index contributed by atoms with van der Waals surface area (Å²) in [5, 5.41) is 1.51. The average molecular weight is 503 g/mol. The Morgan fingerprint density at radius 1 is 1.06 bits per heavy atom. The van der Waals surface area contributed by atoms with Crippen molar-refractivity contribution in [3.8, 4) is 11.5 Å². The van der Waals surface area contributed by atoms with E-state index < -0.39 is 23.9 Å². The second-order valence-corrected chi connectivity index (χ2v) is 8.07. The molecule has 4 rings (SSSR count). The van der Waals surface area contributed by atoms with Crippen LogP contribution in [-0.4, -0.2) is 44.1 Å². The highest BCUT2D eigenvalue weighted by Gasteiger charge is 2.64. The van der Waals surface area contributed by atoms with E-state index in [4.69, 9.17) is 23.4 Å². The Balaban J connectivity index is 1.44. The second kappa shape index (κ2) is 10.1. The molecule has 0 bridgehead atoms. The topological polar surface area (TPSA) is 80.0 Å². The van der Waals surface area contributed by atoms with Gasteiger partial charge in [-0.3, -0.25) is 0 Å². The monoisotopic (exact) mass is 503 g/mol. The van der Waals surface area contributed by atoms with E-state index in [2.05, 4.69) is 4.98 Å². The first-order chi connectivity index (χ1) is 17.2. The lowest BCUT2D eigenvalue weighted by atomic mass is 9.92. The number of ether oxygens (including phenoxy) is 4. The van der Waals surface area contributed by atoms with Gasteiger partial charge in [-0.1, -0.05) is 30.3 Å². The molecule has 36 heavy (non-hydrogen) atoms. The summed E-state index contributed by atoms with van der Waals surface area (Å²) in [5.41, 5.74) is -2.59. The third-order valence-corrected chi connectivity index (χ3v) is 5.80. The minimum atomic E-state index is -5.03. The van der Waals surface area contributed by atoms with Crippen molar-refractivity contribution in [2.24, 2.45) is 0 Å². The van der Waals surface area contributed by atoms with Crippen molar-refractivity contribution >= 4 is 28.0 Å². The third-order valence-electron chi connectivity index (χ3n) is 5.80. The van der Waals surface area contributed by atoms with Gasteiger partial charge in [0.15, 0.2) is 0 Å². The summed E-state index contributed by atoms with van der Waals surface area (Å²) in [5.74, 6) is -0.437. The average Bonchev–Trinajstić information content (AvgIpc) is 3.31. The Morgan fingerprint density at radius 2 is 1.81 bits per heavy atom. The predicted octanol–water partition coefficient (Wildman–Crippen LogP) is 5.79. The Morgan fingerprint density at radius 3 is 2.47 bits per heavy atom. The largest absolute Gasteiger partial charge is 0.495 e. The van der Waals surface area contributed by atoms with Gasteiger partial charge >= 0.3 is 12.1 Å². The van der Waals surface area contributed by atoms with Gasteiger partial charge < -0.3 is 23.4 Å². The number of rotatable bonds is 9. The van der Waals surface area contributed by atoms with E-state index in [1.165, 1.54) is 37.5 Å². The molecule has 0 amide bonds. The Bertz CT molecular complexity index is 1350. The number of nitrogens with zero attached hydrogens (tertiary/aromatic N) is 1. The summed E-state index contributed by atoms with van der Waals surface area (Å²) < 4.78 is 68.6. The van der Waals surface area contributed by atoms with Crippen LogP contribution in [0.4, 0.5) is 13.2 Å². The number of methoxy groups -OCH3 is 2. The predicted molar refractivity (Wildman–Crippen MR) is 125 cm³/mol. The Kier molecular flexibility index (Phi) is 7.07. The van der Waals surface area contributed by atoms with Gasteiger partial charge in [0.2, 0.25) is 5.71 Å². The minimum Gasteiger partial charge on any atom is -0.495 e. The molecule has 0 unspecified atom stereocenters. The Labute approximate surface area is 204 Å². The van der Waals surface area contributed by atoms with Crippen LogP contribution in [0.15, 0.2) is 65.3 Å². The van der Waals surface area contributed by atoms with E-state index in [0.29, 0.717) is 22.7 Å². The molecule has 2 heterocycles. The highest BCUT2D eigenvalue weighted by molar-refractivity contribution is 5.99. The second-order valence-electron chi connectivity index (χ2n) is 8.07. The molecule has 0 aliphatic heterocycles. The van der Waals surface area contributed by atoms with Crippen LogP contribution in [0.25, 0.3) is 22.0 Å². The van der Waals surface area contributed by atoms with Crippen molar-refractivity contribution in [1.29, 1.82) is 0 Å². The maximum absolute atomic E-state index is 14.0. The number of hydrogen-bond donors (Lipinski definition) is 0. The zero-order valence-corrected chi connectivity index (χ0v) is 19.8. The fraction of sp³-hybridized carbons (Fsp3) is 0.308. The molecule has 0 fully saturated rings. The van der Waals surface area contributed by atoms with Crippen LogP contribution in [0.3, 0.4) is 0 Å². The van der Waals surface area contributed by atoms with Gasteiger partial charge in [0, 0.05) is 30.5 Å². The van der Waals surface area contributed by atoms with E-state index >= 15 is 0 Å². The van der Waals surface area contributed by atoms with Crippen LogP contribution in [0.1, 0.15) is 18.9 Å². The van der Waals surface area contributed by atoms with E-state index in [1.54, 1.807) is 37.4 Å². The molecule has 2 aromatic heterocycles. The lowest BCUT2D eigenvalue weighted by Gasteiger charge is -2.33. The van der Waals surface area contributed by atoms with Crippen LogP contribution in [0.5, 0.6) is 11.5 Å². The number of esters is 1. The van der Waals surface area contributed by atoms with E-state index in [9.17, 15) is 18.0 Å². The number of carbonyl (C=O) groups is 1. The van der Waals surface area contributed by atoms with Crippen molar-refractivity contribution in [3.63, 3.8) is 0 Å². The van der Waals surface area contributed by atoms with Crippen molar-refractivity contribution < 1.29 is 41.3 Å². The summed E-state index contributed by atoms with van der Waals surface area (Å²) in [6.45, 7) is 1.57. The highest BCUT2D eigenvalue weighted by atomic mass is 19.4. The zero-order chi connectivity index (χ0) is 25.9. The molecule has 0 radical (unpaired) electrons. The van der Waals surface area contributed by atoms with Crippen molar-refractivity contribution in [2.45, 2.75) is 31.2 Å². The van der Waals surface area contributed by atoms with Crippen molar-refractivity contribution in [2.75, 3.05) is 20.8 Å². The van der Waals surface area contributed by atoms with Gasteiger partial charge in [0.05, 0.1) is 30.9 Å². The normalized spacial score (nSPS) is 14.4. The van der Waals surface area contributed by atoms with Crippen LogP contribution in [-0.2, 0) is 19.9 Å². The fourth-order valence-electron chi connectivity index (χ4n) is 3.98. The van der Waals surface area contributed by atoms with Gasteiger partial charge in [-0.15, -0.1) is 0 Å². The lowest BCUT2D eigenvalue weighted by Crippen LogP contribution is -2.52. The van der Waals surface area contributed by atoms with E-state index in [1.807, 2.05) is 0 Å². The first-order valence-electron chi connectivity index (χ1n) is 11.1. The number of fused-ring (bicyclic) bond motifs is 2. The van der Waals surface area contributed by atoms with Crippen molar-refractivity contribution in [3.05, 3.63) is 66.4 Å². The molecule has 0 N–H and O–H groups in total. The molecule has 0 saturated heterocycles. The fourth-order valence-corrected chi connectivity index (χ4v) is 3.98. The number of pyridine rings is 1. The number of halogens is 3. The van der Waals surface area contributed by atoms with Crippen LogP contribution < -0.4 is 9.47 Å². The van der Waals surface area contributed by atoms with Gasteiger partial charge in [-0.2, -0.15) is 13.2 Å². The van der Waals surface area contributed by atoms with E-state index in [0.717, 1.165) is 17.9 Å². The molecule has 10 heteroatoms. The molecule has 190 valence electrons.